The Bertz CT molecular complexity index is 457. The number of nitrogens with two attached hydrogens (primary N) is 1. The van der Waals surface area contributed by atoms with Crippen LogP contribution in [0, 0.1) is 5.92 Å². The third kappa shape index (κ3) is 7.84. The maximum Gasteiger partial charge on any atom is 0.326 e. The molecule has 0 saturated carbocycles. The number of carboxylic acid groups (broad SMARTS) is 2. The lowest BCUT2D eigenvalue weighted by atomic mass is 10.0. The van der Waals surface area contributed by atoms with E-state index in [2.05, 4.69) is 23.3 Å². The lowest BCUT2D eigenvalue weighted by Gasteiger charge is -2.23. The molecule has 2 amide bonds. The SMILES string of the molecule is CC(C)[C@H](NC(=O)[C@H](CCC(=O)O)NC(=O)[C@@H](N)CS)C(=O)O. The molecule has 0 rings (SSSR count). The molecule has 0 aromatic carbocycles. The van der Waals surface area contributed by atoms with Crippen LogP contribution in [-0.2, 0) is 19.2 Å². The molecule has 10 heteroatoms. The quantitative estimate of drug-likeness (QED) is 0.271. The van der Waals surface area contributed by atoms with Crippen LogP contribution in [0.4, 0.5) is 0 Å². The first-order chi connectivity index (χ1) is 10.6. The van der Waals surface area contributed by atoms with E-state index >= 15 is 0 Å². The number of rotatable bonds is 10. The summed E-state index contributed by atoms with van der Waals surface area (Å²) in [5.41, 5.74) is 5.49. The van der Waals surface area contributed by atoms with Crippen LogP contribution in [0.5, 0.6) is 0 Å². The summed E-state index contributed by atoms with van der Waals surface area (Å²) in [7, 11) is 0. The summed E-state index contributed by atoms with van der Waals surface area (Å²) >= 11 is 3.87. The lowest BCUT2D eigenvalue weighted by molar-refractivity contribution is -0.144. The third-order valence-electron chi connectivity index (χ3n) is 3.04. The molecule has 0 aromatic rings. The van der Waals surface area contributed by atoms with Crippen molar-refractivity contribution >= 4 is 36.4 Å². The van der Waals surface area contributed by atoms with Gasteiger partial charge in [-0.3, -0.25) is 14.4 Å². The minimum absolute atomic E-state index is 0.0445. The van der Waals surface area contributed by atoms with Crippen molar-refractivity contribution in [2.75, 3.05) is 5.75 Å². The van der Waals surface area contributed by atoms with Crippen molar-refractivity contribution in [2.45, 2.75) is 44.8 Å². The Morgan fingerprint density at radius 1 is 1.09 bits per heavy atom. The van der Waals surface area contributed by atoms with Gasteiger partial charge >= 0.3 is 11.9 Å². The largest absolute Gasteiger partial charge is 0.481 e. The molecular weight excluding hydrogens is 326 g/mol. The first-order valence-electron chi connectivity index (χ1n) is 7.01. The molecule has 9 nitrogen and oxygen atoms in total. The van der Waals surface area contributed by atoms with E-state index < -0.39 is 41.9 Å². The standard InChI is InChI=1S/C13H23N3O6S/c1-6(2)10(13(21)22)16-12(20)8(3-4-9(17)18)15-11(19)7(14)5-23/h6-8,10,23H,3-5,14H2,1-2H3,(H,15,19)(H,16,20)(H,17,18)(H,21,22)/t7-,8-,10-/m0/s1. The molecule has 0 aliphatic rings. The fourth-order valence-electron chi connectivity index (χ4n) is 1.67. The van der Waals surface area contributed by atoms with Gasteiger partial charge in [-0.2, -0.15) is 12.6 Å². The number of nitrogens with one attached hydrogen (secondary N) is 2. The molecule has 23 heavy (non-hydrogen) atoms. The lowest BCUT2D eigenvalue weighted by Crippen LogP contribution is -2.55. The molecule has 0 spiro atoms. The Morgan fingerprint density at radius 2 is 1.65 bits per heavy atom. The van der Waals surface area contributed by atoms with E-state index in [9.17, 15) is 19.2 Å². The van der Waals surface area contributed by atoms with Gasteiger partial charge in [0.15, 0.2) is 0 Å². The zero-order chi connectivity index (χ0) is 18.2. The number of carbonyl (C=O) groups is 4. The fourth-order valence-corrected chi connectivity index (χ4v) is 1.83. The van der Waals surface area contributed by atoms with Gasteiger partial charge in [0.2, 0.25) is 11.8 Å². The Kier molecular flexibility index (Phi) is 9.27. The predicted octanol–water partition coefficient (Wildman–Crippen LogP) is -1.18. The average Bonchev–Trinajstić information content (AvgIpc) is 2.46. The topological polar surface area (TPSA) is 159 Å². The number of thiol groups is 1. The molecular formula is C13H23N3O6S. The second kappa shape index (κ2) is 10.1. The minimum Gasteiger partial charge on any atom is -0.481 e. The molecule has 0 fully saturated rings. The molecule has 0 saturated heterocycles. The summed E-state index contributed by atoms with van der Waals surface area (Å²) in [6, 6.07) is -3.30. The summed E-state index contributed by atoms with van der Waals surface area (Å²) in [6.45, 7) is 3.22. The van der Waals surface area contributed by atoms with Crippen LogP contribution in [0.1, 0.15) is 26.7 Å². The zero-order valence-electron chi connectivity index (χ0n) is 13.0. The third-order valence-corrected chi connectivity index (χ3v) is 3.44. The highest BCUT2D eigenvalue weighted by Gasteiger charge is 2.29. The van der Waals surface area contributed by atoms with Crippen molar-refractivity contribution in [1.82, 2.24) is 10.6 Å². The van der Waals surface area contributed by atoms with Gasteiger partial charge in [0.25, 0.3) is 0 Å². The Labute approximate surface area is 139 Å². The smallest absolute Gasteiger partial charge is 0.326 e. The number of hydrogen-bond acceptors (Lipinski definition) is 6. The number of aliphatic carboxylic acids is 2. The molecule has 0 bridgehead atoms. The highest BCUT2D eigenvalue weighted by atomic mass is 32.1. The van der Waals surface area contributed by atoms with Crippen LogP contribution in [0.2, 0.25) is 0 Å². The monoisotopic (exact) mass is 349 g/mol. The van der Waals surface area contributed by atoms with E-state index in [-0.39, 0.29) is 24.5 Å². The summed E-state index contributed by atoms with van der Waals surface area (Å²) in [4.78, 5) is 45.7. The Hall–Kier alpha value is -1.81. The van der Waals surface area contributed by atoms with Crippen LogP contribution >= 0.6 is 12.6 Å². The molecule has 132 valence electrons. The van der Waals surface area contributed by atoms with Crippen LogP contribution in [0.3, 0.4) is 0 Å². The van der Waals surface area contributed by atoms with Crippen molar-refractivity contribution in [2.24, 2.45) is 11.7 Å². The zero-order valence-corrected chi connectivity index (χ0v) is 13.9. The van der Waals surface area contributed by atoms with Crippen molar-refractivity contribution in [1.29, 1.82) is 0 Å². The van der Waals surface area contributed by atoms with Crippen molar-refractivity contribution < 1.29 is 29.4 Å². The Morgan fingerprint density at radius 3 is 2.04 bits per heavy atom. The number of hydrogen-bond donors (Lipinski definition) is 6. The molecule has 0 radical (unpaired) electrons. The fraction of sp³-hybridized carbons (Fsp3) is 0.692. The molecule has 0 aliphatic heterocycles. The summed E-state index contributed by atoms with van der Waals surface area (Å²) in [5.74, 6) is -4.14. The van der Waals surface area contributed by atoms with E-state index in [4.69, 9.17) is 15.9 Å². The molecule has 0 heterocycles. The predicted molar refractivity (Wildman–Crippen MR) is 85.0 cm³/mol. The van der Waals surface area contributed by atoms with E-state index in [0.717, 1.165) is 0 Å². The first-order valence-corrected chi connectivity index (χ1v) is 7.65. The second-order valence-electron chi connectivity index (χ2n) is 5.35. The average molecular weight is 349 g/mol. The van der Waals surface area contributed by atoms with E-state index in [1.807, 2.05) is 0 Å². The van der Waals surface area contributed by atoms with Gasteiger partial charge in [0.1, 0.15) is 12.1 Å². The molecule has 0 aromatic heterocycles. The van der Waals surface area contributed by atoms with Gasteiger partial charge in [-0.05, 0) is 12.3 Å². The molecule has 6 N–H and O–H groups in total. The highest BCUT2D eigenvalue weighted by molar-refractivity contribution is 7.80. The van der Waals surface area contributed by atoms with E-state index in [0.29, 0.717) is 0 Å². The molecule has 0 unspecified atom stereocenters. The van der Waals surface area contributed by atoms with Gasteiger partial charge in [0.05, 0.1) is 6.04 Å². The van der Waals surface area contributed by atoms with Crippen LogP contribution in [0.25, 0.3) is 0 Å². The van der Waals surface area contributed by atoms with Crippen molar-refractivity contribution in [3.8, 4) is 0 Å². The van der Waals surface area contributed by atoms with E-state index in [1.54, 1.807) is 13.8 Å². The van der Waals surface area contributed by atoms with Gasteiger partial charge in [-0.15, -0.1) is 0 Å². The first kappa shape index (κ1) is 21.2. The van der Waals surface area contributed by atoms with Gasteiger partial charge in [-0.1, -0.05) is 13.8 Å². The van der Waals surface area contributed by atoms with Gasteiger partial charge in [0, 0.05) is 12.2 Å². The summed E-state index contributed by atoms with van der Waals surface area (Å²) in [5, 5.41) is 22.4. The van der Waals surface area contributed by atoms with E-state index in [1.165, 1.54) is 0 Å². The van der Waals surface area contributed by atoms with Gasteiger partial charge in [-0.25, -0.2) is 4.79 Å². The van der Waals surface area contributed by atoms with Crippen LogP contribution in [0.15, 0.2) is 0 Å². The maximum atomic E-state index is 12.2. The van der Waals surface area contributed by atoms with Crippen molar-refractivity contribution in [3.63, 3.8) is 0 Å². The van der Waals surface area contributed by atoms with Crippen molar-refractivity contribution in [3.05, 3.63) is 0 Å². The second-order valence-corrected chi connectivity index (χ2v) is 5.72. The minimum atomic E-state index is -1.22. The highest BCUT2D eigenvalue weighted by Crippen LogP contribution is 2.05. The molecule has 0 aliphatic carbocycles. The summed E-state index contributed by atoms with van der Waals surface area (Å²) in [6.07, 6.45) is -0.551. The van der Waals surface area contributed by atoms with Gasteiger partial charge < -0.3 is 26.6 Å². The number of carbonyl (C=O) groups excluding carboxylic acids is 2. The maximum absolute atomic E-state index is 12.2. The number of amides is 2. The Balaban J connectivity index is 5.02. The summed E-state index contributed by atoms with van der Waals surface area (Å²) < 4.78 is 0. The number of carboxylic acids is 2. The normalized spacial score (nSPS) is 14.7. The van der Waals surface area contributed by atoms with Crippen LogP contribution < -0.4 is 16.4 Å². The molecule has 3 atom stereocenters. The van der Waals surface area contributed by atoms with Crippen LogP contribution in [-0.4, -0.2) is 57.8 Å².